The van der Waals surface area contributed by atoms with Crippen molar-refractivity contribution in [3.05, 3.63) is 52.6 Å². The summed E-state index contributed by atoms with van der Waals surface area (Å²) in [6.07, 6.45) is -2.41. The fourth-order valence-corrected chi connectivity index (χ4v) is 3.94. The molecule has 0 aromatic heterocycles. The molecule has 3 rings (SSSR count). The molecule has 132 valence electrons. The molecule has 0 spiro atoms. The summed E-state index contributed by atoms with van der Waals surface area (Å²) in [5.41, 5.74) is 0.682. The molecule has 1 aliphatic carbocycles. The highest BCUT2D eigenvalue weighted by Gasteiger charge is 2.37. The highest BCUT2D eigenvalue weighted by molar-refractivity contribution is 7.90. The van der Waals surface area contributed by atoms with Gasteiger partial charge in [-0.05, 0) is 30.3 Å². The number of halogens is 1. The molecule has 0 saturated carbocycles. The SMILES string of the molecule is CS(=O)(=O)c1ccc(Oc2cc(C#N)cc(C#N)c2)c2c1[C@H](O)[C@@H](F)C2. The number of nitriles is 2. The topological polar surface area (TPSA) is 111 Å². The summed E-state index contributed by atoms with van der Waals surface area (Å²) in [6.45, 7) is 0. The molecule has 26 heavy (non-hydrogen) atoms. The van der Waals surface area contributed by atoms with Crippen molar-refractivity contribution >= 4 is 9.84 Å². The average molecular weight is 372 g/mol. The van der Waals surface area contributed by atoms with Crippen molar-refractivity contribution in [2.75, 3.05) is 6.26 Å². The molecule has 0 unspecified atom stereocenters. The maximum absolute atomic E-state index is 14.0. The van der Waals surface area contributed by atoms with Crippen LogP contribution >= 0.6 is 0 Å². The smallest absolute Gasteiger partial charge is 0.175 e. The number of rotatable bonds is 3. The van der Waals surface area contributed by atoms with E-state index in [2.05, 4.69) is 0 Å². The quantitative estimate of drug-likeness (QED) is 0.886. The van der Waals surface area contributed by atoms with Gasteiger partial charge in [-0.2, -0.15) is 10.5 Å². The number of nitrogens with zero attached hydrogens (tertiary/aromatic N) is 2. The van der Waals surface area contributed by atoms with E-state index in [0.29, 0.717) is 0 Å². The van der Waals surface area contributed by atoms with Gasteiger partial charge in [-0.1, -0.05) is 0 Å². The van der Waals surface area contributed by atoms with E-state index in [1.54, 1.807) is 0 Å². The molecular weight excluding hydrogens is 359 g/mol. The molecule has 2 aromatic rings. The molecule has 1 aliphatic rings. The molecule has 0 aliphatic heterocycles. The number of hydrogen-bond donors (Lipinski definition) is 1. The lowest BCUT2D eigenvalue weighted by Crippen LogP contribution is -2.10. The normalized spacial score (nSPS) is 18.7. The lowest BCUT2D eigenvalue weighted by Gasteiger charge is -2.14. The molecule has 1 N–H and O–H groups in total. The lowest BCUT2D eigenvalue weighted by molar-refractivity contribution is 0.0907. The molecular formula is C18H13FN2O4S. The predicted molar refractivity (Wildman–Crippen MR) is 89.1 cm³/mol. The van der Waals surface area contributed by atoms with Gasteiger partial charge in [0, 0.05) is 23.8 Å². The second kappa shape index (κ2) is 6.41. The third-order valence-electron chi connectivity index (χ3n) is 4.10. The van der Waals surface area contributed by atoms with E-state index in [9.17, 15) is 17.9 Å². The van der Waals surface area contributed by atoms with Crippen LogP contribution in [0.1, 0.15) is 28.4 Å². The Labute approximate surface area is 149 Å². The molecule has 0 amide bonds. The largest absolute Gasteiger partial charge is 0.457 e. The number of fused-ring (bicyclic) bond motifs is 1. The number of hydrogen-bond acceptors (Lipinski definition) is 6. The van der Waals surface area contributed by atoms with Crippen LogP contribution in [0.2, 0.25) is 0 Å². The molecule has 2 aromatic carbocycles. The Kier molecular flexibility index (Phi) is 4.41. The van der Waals surface area contributed by atoms with E-state index < -0.39 is 22.1 Å². The molecule has 0 saturated heterocycles. The highest BCUT2D eigenvalue weighted by Crippen LogP contribution is 2.43. The van der Waals surface area contributed by atoms with Gasteiger partial charge in [-0.25, -0.2) is 12.8 Å². The van der Waals surface area contributed by atoms with Crippen molar-refractivity contribution in [1.29, 1.82) is 10.5 Å². The Balaban J connectivity index is 2.12. The van der Waals surface area contributed by atoms with Crippen molar-refractivity contribution < 1.29 is 22.7 Å². The van der Waals surface area contributed by atoms with E-state index in [1.807, 2.05) is 12.1 Å². The summed E-state index contributed by atoms with van der Waals surface area (Å²) in [5, 5.41) is 28.1. The van der Waals surface area contributed by atoms with Crippen molar-refractivity contribution in [1.82, 2.24) is 0 Å². The molecule has 0 bridgehead atoms. The van der Waals surface area contributed by atoms with Crippen LogP contribution < -0.4 is 4.74 Å². The Bertz CT molecular complexity index is 1050. The highest BCUT2D eigenvalue weighted by atomic mass is 32.2. The van der Waals surface area contributed by atoms with Crippen LogP contribution in [0.5, 0.6) is 11.5 Å². The number of alkyl halides is 1. The molecule has 0 fully saturated rings. The molecule has 0 radical (unpaired) electrons. The molecule has 2 atom stereocenters. The number of aliphatic hydroxyl groups is 1. The first-order chi connectivity index (χ1) is 12.2. The first kappa shape index (κ1) is 17.9. The summed E-state index contributed by atoms with van der Waals surface area (Å²) in [5.74, 6) is 0.359. The molecule has 8 heteroatoms. The van der Waals surface area contributed by atoms with Crippen LogP contribution in [-0.4, -0.2) is 26.0 Å². The minimum Gasteiger partial charge on any atom is -0.457 e. The van der Waals surface area contributed by atoms with Gasteiger partial charge >= 0.3 is 0 Å². The first-order valence-electron chi connectivity index (χ1n) is 7.55. The van der Waals surface area contributed by atoms with Gasteiger partial charge in [0.25, 0.3) is 0 Å². The van der Waals surface area contributed by atoms with Crippen molar-refractivity contribution in [2.45, 2.75) is 23.6 Å². The van der Waals surface area contributed by atoms with E-state index in [-0.39, 0.29) is 45.1 Å². The van der Waals surface area contributed by atoms with Crippen molar-refractivity contribution in [3.8, 4) is 23.6 Å². The number of ether oxygens (including phenoxy) is 1. The maximum Gasteiger partial charge on any atom is 0.175 e. The van der Waals surface area contributed by atoms with Crippen molar-refractivity contribution in [3.63, 3.8) is 0 Å². The zero-order valence-corrected chi connectivity index (χ0v) is 14.4. The minimum atomic E-state index is -3.66. The number of sulfone groups is 1. The monoisotopic (exact) mass is 372 g/mol. The van der Waals surface area contributed by atoms with Crippen LogP contribution in [0.4, 0.5) is 4.39 Å². The van der Waals surface area contributed by atoms with Gasteiger partial charge in [0.15, 0.2) is 9.84 Å². The summed E-state index contributed by atoms with van der Waals surface area (Å²) in [4.78, 5) is -0.143. The third kappa shape index (κ3) is 3.13. The fraction of sp³-hybridized carbons (Fsp3) is 0.222. The number of aliphatic hydroxyl groups excluding tert-OH is 1. The zero-order chi connectivity index (χ0) is 19.1. The summed E-state index contributed by atoms with van der Waals surface area (Å²) in [7, 11) is -3.66. The predicted octanol–water partition coefficient (Wildman–Crippen LogP) is 2.55. The fourth-order valence-electron chi connectivity index (χ4n) is 2.98. The van der Waals surface area contributed by atoms with Gasteiger partial charge in [0.2, 0.25) is 0 Å². The summed E-state index contributed by atoms with van der Waals surface area (Å²) in [6, 6.07) is 10.7. The van der Waals surface area contributed by atoms with E-state index in [1.165, 1.54) is 30.3 Å². The van der Waals surface area contributed by atoms with Gasteiger partial charge in [-0.15, -0.1) is 0 Å². The summed E-state index contributed by atoms with van der Waals surface area (Å²) < 4.78 is 43.6. The minimum absolute atomic E-state index is 0.00514. The second-order valence-corrected chi connectivity index (χ2v) is 7.95. The van der Waals surface area contributed by atoms with E-state index in [0.717, 1.165) is 6.26 Å². The standard InChI is InChI=1S/C18H13FN2O4S/c1-26(23,24)16-3-2-15(13-7-14(19)18(22)17(13)16)25-12-5-10(8-20)4-11(6-12)9-21/h2-6,14,18,22H,7H2,1H3/t14-,18+/m0/s1. The van der Waals surface area contributed by atoms with Crippen LogP contribution in [0.25, 0.3) is 0 Å². The van der Waals surface area contributed by atoms with Crippen molar-refractivity contribution in [2.24, 2.45) is 0 Å². The second-order valence-electron chi connectivity index (χ2n) is 5.96. The number of benzene rings is 2. The Hall–Kier alpha value is -2.94. The van der Waals surface area contributed by atoms with Gasteiger partial charge in [0.05, 0.1) is 28.2 Å². The van der Waals surface area contributed by atoms with Crippen LogP contribution in [0.15, 0.2) is 35.2 Å². The third-order valence-corrected chi connectivity index (χ3v) is 5.26. The van der Waals surface area contributed by atoms with Crippen LogP contribution in [-0.2, 0) is 16.3 Å². The molecule has 6 nitrogen and oxygen atoms in total. The van der Waals surface area contributed by atoms with Gasteiger partial charge < -0.3 is 9.84 Å². The Morgan fingerprint density at radius 3 is 2.35 bits per heavy atom. The van der Waals surface area contributed by atoms with Crippen LogP contribution in [0.3, 0.4) is 0 Å². The lowest BCUT2D eigenvalue weighted by atomic mass is 10.1. The zero-order valence-electron chi connectivity index (χ0n) is 13.6. The van der Waals surface area contributed by atoms with Gasteiger partial charge in [0.1, 0.15) is 23.8 Å². The summed E-state index contributed by atoms with van der Waals surface area (Å²) >= 11 is 0. The van der Waals surface area contributed by atoms with Crippen LogP contribution in [0, 0.1) is 22.7 Å². The van der Waals surface area contributed by atoms with E-state index >= 15 is 0 Å². The van der Waals surface area contributed by atoms with E-state index in [4.69, 9.17) is 15.3 Å². The van der Waals surface area contributed by atoms with Gasteiger partial charge in [-0.3, -0.25) is 0 Å². The Morgan fingerprint density at radius 1 is 1.19 bits per heavy atom. The molecule has 0 heterocycles. The first-order valence-corrected chi connectivity index (χ1v) is 9.45. The maximum atomic E-state index is 14.0. The Morgan fingerprint density at radius 2 is 1.81 bits per heavy atom. The average Bonchev–Trinajstić information content (AvgIpc) is 2.89.